The lowest BCUT2D eigenvalue weighted by molar-refractivity contribution is 0.0105. The standard InChI is InChI=1S/C16H18N4O2/c1-16(2,3)22-15(21)20-9-14(10-20)19-13-5-4-11(7-17)12(6-13)8-18/h4-6,14,19H,9-10H2,1-3H3. The average Bonchev–Trinajstić information content (AvgIpc) is 2.39. The van der Waals surface area contributed by atoms with Gasteiger partial charge < -0.3 is 15.0 Å². The van der Waals surface area contributed by atoms with Crippen LogP contribution in [-0.4, -0.2) is 35.7 Å². The van der Waals surface area contributed by atoms with Crippen LogP contribution in [0.25, 0.3) is 0 Å². The molecular weight excluding hydrogens is 280 g/mol. The minimum absolute atomic E-state index is 0.118. The van der Waals surface area contributed by atoms with Crippen molar-refractivity contribution in [2.75, 3.05) is 18.4 Å². The molecule has 1 aliphatic heterocycles. The van der Waals surface area contributed by atoms with Gasteiger partial charge in [-0.3, -0.25) is 0 Å². The molecule has 0 aliphatic carbocycles. The van der Waals surface area contributed by atoms with E-state index in [0.717, 1.165) is 5.69 Å². The van der Waals surface area contributed by atoms with Crippen LogP contribution in [0.3, 0.4) is 0 Å². The number of nitrogens with one attached hydrogen (secondary N) is 1. The van der Waals surface area contributed by atoms with Crippen LogP contribution in [0.4, 0.5) is 10.5 Å². The van der Waals surface area contributed by atoms with Gasteiger partial charge >= 0.3 is 6.09 Å². The van der Waals surface area contributed by atoms with Crippen LogP contribution in [0.2, 0.25) is 0 Å². The molecule has 0 bridgehead atoms. The van der Waals surface area contributed by atoms with Crippen molar-refractivity contribution in [3.63, 3.8) is 0 Å². The Kier molecular flexibility index (Phi) is 4.23. The molecule has 1 amide bonds. The molecule has 0 unspecified atom stereocenters. The molecule has 1 aromatic carbocycles. The summed E-state index contributed by atoms with van der Waals surface area (Å²) in [7, 11) is 0. The third-order valence-electron chi connectivity index (χ3n) is 3.16. The van der Waals surface area contributed by atoms with Gasteiger partial charge in [0.25, 0.3) is 0 Å². The molecule has 0 radical (unpaired) electrons. The Hall–Kier alpha value is -2.73. The third-order valence-corrected chi connectivity index (χ3v) is 3.16. The average molecular weight is 298 g/mol. The van der Waals surface area contributed by atoms with Crippen molar-refractivity contribution in [3.05, 3.63) is 29.3 Å². The molecule has 1 aromatic rings. The van der Waals surface area contributed by atoms with Gasteiger partial charge in [-0.05, 0) is 39.0 Å². The smallest absolute Gasteiger partial charge is 0.410 e. The van der Waals surface area contributed by atoms with Crippen molar-refractivity contribution in [1.82, 2.24) is 4.90 Å². The van der Waals surface area contributed by atoms with E-state index in [4.69, 9.17) is 15.3 Å². The zero-order chi connectivity index (χ0) is 16.3. The first kappa shape index (κ1) is 15.7. The summed E-state index contributed by atoms with van der Waals surface area (Å²) >= 11 is 0. The third kappa shape index (κ3) is 3.67. The Morgan fingerprint density at radius 2 is 1.91 bits per heavy atom. The van der Waals surface area contributed by atoms with Gasteiger partial charge in [0.2, 0.25) is 0 Å². The summed E-state index contributed by atoms with van der Waals surface area (Å²) in [5.41, 5.74) is 0.974. The van der Waals surface area contributed by atoms with E-state index in [1.54, 1.807) is 23.1 Å². The Morgan fingerprint density at radius 3 is 2.45 bits per heavy atom. The number of likely N-dealkylation sites (tertiary alicyclic amines) is 1. The van der Waals surface area contributed by atoms with E-state index in [2.05, 4.69) is 5.32 Å². The first-order valence-corrected chi connectivity index (χ1v) is 7.01. The highest BCUT2D eigenvalue weighted by molar-refractivity contribution is 5.70. The number of nitriles is 2. The molecule has 6 heteroatoms. The first-order chi connectivity index (χ1) is 10.3. The van der Waals surface area contributed by atoms with E-state index < -0.39 is 5.60 Å². The maximum atomic E-state index is 11.8. The highest BCUT2D eigenvalue weighted by Crippen LogP contribution is 2.20. The number of benzene rings is 1. The highest BCUT2D eigenvalue weighted by Gasteiger charge is 2.33. The van der Waals surface area contributed by atoms with E-state index >= 15 is 0 Å². The number of carbonyl (C=O) groups excluding carboxylic acids is 1. The van der Waals surface area contributed by atoms with E-state index in [-0.39, 0.29) is 12.1 Å². The number of ether oxygens (including phenoxy) is 1. The molecule has 2 rings (SSSR count). The van der Waals surface area contributed by atoms with Crippen molar-refractivity contribution >= 4 is 11.8 Å². The van der Waals surface area contributed by atoms with E-state index in [0.29, 0.717) is 24.2 Å². The largest absolute Gasteiger partial charge is 0.444 e. The summed E-state index contributed by atoms with van der Waals surface area (Å²) in [6, 6.07) is 9.12. The van der Waals surface area contributed by atoms with Crippen molar-refractivity contribution < 1.29 is 9.53 Å². The first-order valence-electron chi connectivity index (χ1n) is 7.01. The van der Waals surface area contributed by atoms with E-state index in [1.807, 2.05) is 32.9 Å². The monoisotopic (exact) mass is 298 g/mol. The van der Waals surface area contributed by atoms with Gasteiger partial charge in [0.1, 0.15) is 17.7 Å². The fourth-order valence-corrected chi connectivity index (χ4v) is 2.11. The maximum Gasteiger partial charge on any atom is 0.410 e. The lowest BCUT2D eigenvalue weighted by Gasteiger charge is -2.40. The summed E-state index contributed by atoms with van der Waals surface area (Å²) in [6.07, 6.45) is -0.317. The lowest BCUT2D eigenvalue weighted by atomic mass is 10.1. The van der Waals surface area contributed by atoms with Gasteiger partial charge in [0, 0.05) is 18.8 Å². The van der Waals surface area contributed by atoms with Gasteiger partial charge in [0.15, 0.2) is 0 Å². The van der Waals surface area contributed by atoms with E-state index in [9.17, 15) is 4.79 Å². The second-order valence-electron chi connectivity index (χ2n) is 6.21. The van der Waals surface area contributed by atoms with Crippen LogP contribution in [0.5, 0.6) is 0 Å². The molecule has 114 valence electrons. The van der Waals surface area contributed by atoms with Crippen LogP contribution in [0, 0.1) is 22.7 Å². The summed E-state index contributed by atoms with van der Waals surface area (Å²) in [6.45, 7) is 6.61. The summed E-state index contributed by atoms with van der Waals surface area (Å²) in [5, 5.41) is 21.1. The Bertz CT molecular complexity index is 658. The minimum Gasteiger partial charge on any atom is -0.444 e. The van der Waals surface area contributed by atoms with Crippen LogP contribution in [-0.2, 0) is 4.74 Å². The van der Waals surface area contributed by atoms with Crippen LogP contribution >= 0.6 is 0 Å². The Morgan fingerprint density at radius 1 is 1.27 bits per heavy atom. The SMILES string of the molecule is CC(C)(C)OC(=O)N1CC(Nc2ccc(C#N)c(C#N)c2)C1. The normalized spacial score (nSPS) is 14.5. The van der Waals surface area contributed by atoms with Crippen LogP contribution in [0.15, 0.2) is 18.2 Å². The van der Waals surface area contributed by atoms with Crippen molar-refractivity contribution in [1.29, 1.82) is 10.5 Å². The van der Waals surface area contributed by atoms with Crippen molar-refractivity contribution in [2.45, 2.75) is 32.4 Å². The van der Waals surface area contributed by atoms with E-state index in [1.165, 1.54) is 0 Å². The minimum atomic E-state index is -0.496. The molecule has 1 fully saturated rings. The molecular formula is C16H18N4O2. The number of nitrogens with zero attached hydrogens (tertiary/aromatic N) is 3. The van der Waals surface area contributed by atoms with Crippen LogP contribution in [0.1, 0.15) is 31.9 Å². The number of carbonyl (C=O) groups is 1. The molecule has 1 aliphatic rings. The van der Waals surface area contributed by atoms with Crippen molar-refractivity contribution in [3.8, 4) is 12.1 Å². The van der Waals surface area contributed by atoms with Gasteiger partial charge in [-0.2, -0.15) is 10.5 Å². The predicted molar refractivity (Wildman–Crippen MR) is 81.1 cm³/mol. The molecule has 0 saturated carbocycles. The van der Waals surface area contributed by atoms with Gasteiger partial charge in [-0.1, -0.05) is 0 Å². The molecule has 1 saturated heterocycles. The number of hydrogen-bond donors (Lipinski definition) is 1. The topological polar surface area (TPSA) is 89.2 Å². The fraction of sp³-hybridized carbons (Fsp3) is 0.438. The molecule has 0 aromatic heterocycles. The number of hydrogen-bond acceptors (Lipinski definition) is 5. The second-order valence-corrected chi connectivity index (χ2v) is 6.21. The lowest BCUT2D eigenvalue weighted by Crippen LogP contribution is -2.57. The van der Waals surface area contributed by atoms with Gasteiger partial charge in [-0.15, -0.1) is 0 Å². The van der Waals surface area contributed by atoms with Crippen LogP contribution < -0.4 is 5.32 Å². The zero-order valence-corrected chi connectivity index (χ0v) is 12.9. The molecule has 0 atom stereocenters. The molecule has 1 N–H and O–H groups in total. The predicted octanol–water partition coefficient (Wildman–Crippen LogP) is 2.46. The zero-order valence-electron chi connectivity index (χ0n) is 12.9. The molecule has 1 heterocycles. The summed E-state index contributed by atoms with van der Waals surface area (Å²) in [5.74, 6) is 0. The molecule has 6 nitrogen and oxygen atoms in total. The number of rotatable bonds is 2. The number of amides is 1. The van der Waals surface area contributed by atoms with Gasteiger partial charge in [-0.25, -0.2) is 4.79 Å². The summed E-state index contributed by atoms with van der Waals surface area (Å²) < 4.78 is 5.29. The van der Waals surface area contributed by atoms with Gasteiger partial charge in [0.05, 0.1) is 17.2 Å². The quantitative estimate of drug-likeness (QED) is 0.906. The fourth-order valence-electron chi connectivity index (χ4n) is 2.11. The van der Waals surface area contributed by atoms with Crippen molar-refractivity contribution in [2.24, 2.45) is 0 Å². The Balaban J connectivity index is 1.90. The number of anilines is 1. The second kappa shape index (κ2) is 5.95. The molecule has 0 spiro atoms. The maximum absolute atomic E-state index is 11.8. The Labute approximate surface area is 129 Å². The highest BCUT2D eigenvalue weighted by atomic mass is 16.6. The summed E-state index contributed by atoms with van der Waals surface area (Å²) in [4.78, 5) is 13.4. The molecule has 22 heavy (non-hydrogen) atoms.